The van der Waals surface area contributed by atoms with Crippen molar-refractivity contribution in [3.8, 4) is 11.8 Å². The molecule has 1 aromatic carbocycles. The minimum absolute atomic E-state index is 0.0217. The van der Waals surface area contributed by atoms with Crippen LogP contribution in [0, 0.1) is 5.92 Å². The van der Waals surface area contributed by atoms with E-state index in [2.05, 4.69) is 20.4 Å². The molecule has 0 spiro atoms. The van der Waals surface area contributed by atoms with Gasteiger partial charge in [0.2, 0.25) is 0 Å². The molecule has 0 atom stereocenters. The Morgan fingerprint density at radius 3 is 2.65 bits per heavy atom. The number of aromatic nitrogens is 2. The number of hydrogen-bond acceptors (Lipinski definition) is 7. The number of hydrogen-bond donors (Lipinski definition) is 1. The van der Waals surface area contributed by atoms with Crippen molar-refractivity contribution in [3.05, 3.63) is 47.8 Å². The van der Waals surface area contributed by atoms with Crippen LogP contribution in [0.5, 0.6) is 11.8 Å². The van der Waals surface area contributed by atoms with E-state index in [1.165, 1.54) is 0 Å². The molecule has 0 radical (unpaired) electrons. The molecule has 0 saturated carbocycles. The Labute approximate surface area is 183 Å². The normalized spacial score (nSPS) is 14.5. The van der Waals surface area contributed by atoms with Crippen LogP contribution in [0.2, 0.25) is 0 Å². The van der Waals surface area contributed by atoms with Crippen molar-refractivity contribution >= 4 is 12.1 Å². The van der Waals surface area contributed by atoms with Crippen LogP contribution in [0.15, 0.2) is 41.8 Å². The van der Waals surface area contributed by atoms with Gasteiger partial charge in [-0.3, -0.25) is 4.79 Å². The van der Waals surface area contributed by atoms with Gasteiger partial charge in [-0.25, -0.2) is 9.97 Å². The van der Waals surface area contributed by atoms with Crippen LogP contribution in [-0.4, -0.2) is 48.5 Å². The van der Waals surface area contributed by atoms with Crippen molar-refractivity contribution in [3.63, 3.8) is 0 Å². The number of carbonyl (C=O) groups is 1. The van der Waals surface area contributed by atoms with Gasteiger partial charge in [0.15, 0.2) is 6.61 Å². The number of carbonyl (C=O) groups excluding carboxylic acids is 1. The van der Waals surface area contributed by atoms with E-state index < -0.39 is 0 Å². The summed E-state index contributed by atoms with van der Waals surface area (Å²) >= 11 is 0. The maximum absolute atomic E-state index is 12.0. The molecule has 1 aromatic heterocycles. The zero-order valence-corrected chi connectivity index (χ0v) is 18.0. The highest BCUT2D eigenvalue weighted by Crippen LogP contribution is 2.14. The third-order valence-electron chi connectivity index (χ3n) is 5.08. The summed E-state index contributed by atoms with van der Waals surface area (Å²) in [5.74, 6) is 1.08. The second-order valence-electron chi connectivity index (χ2n) is 7.44. The molecule has 1 aliphatic rings. The minimum atomic E-state index is -0.0971. The number of nitrogens with one attached hydrogen (secondary N) is 1. The summed E-state index contributed by atoms with van der Waals surface area (Å²) in [6.45, 7) is 4.31. The molecule has 8 nitrogen and oxygen atoms in total. The van der Waals surface area contributed by atoms with E-state index in [-0.39, 0.29) is 18.5 Å². The van der Waals surface area contributed by atoms with Gasteiger partial charge in [-0.2, -0.15) is 0 Å². The first-order valence-electron chi connectivity index (χ1n) is 10.8. The second kappa shape index (κ2) is 12.6. The maximum Gasteiger partial charge on any atom is 0.345 e. The molecular formula is C23H30N4O4. The highest BCUT2D eigenvalue weighted by Gasteiger charge is 2.14. The van der Waals surface area contributed by atoms with Crippen molar-refractivity contribution in [2.24, 2.45) is 11.1 Å². The molecular weight excluding hydrogens is 396 g/mol. The number of rotatable bonds is 11. The Kier molecular flexibility index (Phi) is 9.25. The number of ether oxygens (including phenoxy) is 2. The van der Waals surface area contributed by atoms with Gasteiger partial charge in [-0.05, 0) is 61.3 Å². The van der Waals surface area contributed by atoms with E-state index in [9.17, 15) is 4.79 Å². The predicted octanol–water partition coefficient (Wildman–Crippen LogP) is 2.96. The molecule has 0 unspecified atom stereocenters. The van der Waals surface area contributed by atoms with Crippen LogP contribution in [0.4, 0.5) is 0 Å². The van der Waals surface area contributed by atoms with Crippen molar-refractivity contribution in [2.75, 3.05) is 26.4 Å². The van der Waals surface area contributed by atoms with E-state index in [4.69, 9.17) is 14.3 Å². The lowest BCUT2D eigenvalue weighted by Crippen LogP contribution is -2.35. The van der Waals surface area contributed by atoms with E-state index >= 15 is 0 Å². The van der Waals surface area contributed by atoms with Gasteiger partial charge in [-0.15, -0.1) is 0 Å². The fraction of sp³-hybridized carbons (Fsp3) is 0.478. The second-order valence-corrected chi connectivity index (χ2v) is 7.44. The number of oxime groups is 1. The van der Waals surface area contributed by atoms with Gasteiger partial charge < -0.3 is 19.6 Å². The van der Waals surface area contributed by atoms with Gasteiger partial charge in [0, 0.05) is 38.4 Å². The molecule has 8 heteroatoms. The van der Waals surface area contributed by atoms with E-state index in [0.29, 0.717) is 18.2 Å². The standard InChI is InChI=1S/C23H30N4O4/c1-2-18-14-25-23(26-15-18)31-27-11-3-4-19-5-7-21(8-6-19)30-17-22(28)24-16-20-9-12-29-13-10-20/h5-8,11,14-15,20H,2-4,9-10,12-13,16-17H2,1H3,(H,24,28). The Balaban J connectivity index is 1.30. The van der Waals surface area contributed by atoms with Crippen molar-refractivity contribution in [1.29, 1.82) is 0 Å². The monoisotopic (exact) mass is 426 g/mol. The smallest absolute Gasteiger partial charge is 0.345 e. The minimum Gasteiger partial charge on any atom is -0.484 e. The summed E-state index contributed by atoms with van der Waals surface area (Å²) in [4.78, 5) is 25.3. The summed E-state index contributed by atoms with van der Waals surface area (Å²) in [6.07, 6.45) is 9.59. The van der Waals surface area contributed by atoms with Crippen LogP contribution < -0.4 is 14.9 Å². The number of benzene rings is 1. The van der Waals surface area contributed by atoms with Gasteiger partial charge >= 0.3 is 6.01 Å². The zero-order chi connectivity index (χ0) is 21.7. The lowest BCUT2D eigenvalue weighted by molar-refractivity contribution is -0.123. The van der Waals surface area contributed by atoms with Crippen LogP contribution in [-0.2, 0) is 22.4 Å². The average molecular weight is 427 g/mol. The molecule has 1 fully saturated rings. The Morgan fingerprint density at radius 2 is 1.94 bits per heavy atom. The predicted molar refractivity (Wildman–Crippen MR) is 117 cm³/mol. The molecule has 2 heterocycles. The van der Waals surface area contributed by atoms with E-state index in [1.807, 2.05) is 31.2 Å². The van der Waals surface area contributed by atoms with Gasteiger partial charge in [0.05, 0.1) is 0 Å². The third-order valence-corrected chi connectivity index (χ3v) is 5.08. The van der Waals surface area contributed by atoms with Gasteiger partial charge in [0.25, 0.3) is 5.91 Å². The van der Waals surface area contributed by atoms with Crippen LogP contribution in [0.3, 0.4) is 0 Å². The quantitative estimate of drug-likeness (QED) is 0.438. The highest BCUT2D eigenvalue weighted by molar-refractivity contribution is 5.77. The summed E-state index contributed by atoms with van der Waals surface area (Å²) in [5, 5.41) is 6.84. The Morgan fingerprint density at radius 1 is 1.19 bits per heavy atom. The first-order valence-corrected chi connectivity index (χ1v) is 10.8. The fourth-order valence-corrected chi connectivity index (χ4v) is 3.10. The number of aryl methyl sites for hydroxylation is 2. The number of amides is 1. The zero-order valence-electron chi connectivity index (χ0n) is 18.0. The summed E-state index contributed by atoms with van der Waals surface area (Å²) in [7, 11) is 0. The third kappa shape index (κ3) is 8.33. The topological polar surface area (TPSA) is 94.9 Å². The van der Waals surface area contributed by atoms with Gasteiger partial charge in [0.1, 0.15) is 5.75 Å². The fourth-order valence-electron chi connectivity index (χ4n) is 3.10. The van der Waals surface area contributed by atoms with Crippen molar-refractivity contribution < 1.29 is 19.1 Å². The van der Waals surface area contributed by atoms with Crippen LogP contribution in [0.1, 0.15) is 37.3 Å². The van der Waals surface area contributed by atoms with Gasteiger partial charge in [-0.1, -0.05) is 24.2 Å². The van der Waals surface area contributed by atoms with E-state index in [1.54, 1.807) is 18.6 Å². The molecule has 1 amide bonds. The molecule has 1 aliphatic heterocycles. The molecule has 31 heavy (non-hydrogen) atoms. The molecule has 0 aliphatic carbocycles. The molecule has 1 saturated heterocycles. The summed E-state index contributed by atoms with van der Waals surface area (Å²) < 4.78 is 10.9. The first kappa shape index (κ1) is 22.7. The average Bonchev–Trinajstić information content (AvgIpc) is 2.83. The molecule has 2 aromatic rings. The molecule has 166 valence electrons. The van der Waals surface area contributed by atoms with E-state index in [0.717, 1.165) is 56.4 Å². The molecule has 3 rings (SSSR count). The van der Waals surface area contributed by atoms with Crippen molar-refractivity contribution in [2.45, 2.75) is 39.0 Å². The van der Waals surface area contributed by atoms with Crippen LogP contribution in [0.25, 0.3) is 0 Å². The molecule has 0 bridgehead atoms. The lowest BCUT2D eigenvalue weighted by Gasteiger charge is -2.22. The maximum atomic E-state index is 12.0. The summed E-state index contributed by atoms with van der Waals surface area (Å²) in [5.41, 5.74) is 2.20. The Bertz CT molecular complexity index is 818. The highest BCUT2D eigenvalue weighted by atomic mass is 16.6. The first-order chi connectivity index (χ1) is 15.2. The number of nitrogens with zero attached hydrogens (tertiary/aromatic N) is 3. The largest absolute Gasteiger partial charge is 0.484 e. The SMILES string of the molecule is CCc1cnc(ON=CCCc2ccc(OCC(=O)NCC3CCOCC3)cc2)nc1. The van der Waals surface area contributed by atoms with Crippen molar-refractivity contribution in [1.82, 2.24) is 15.3 Å². The summed E-state index contributed by atoms with van der Waals surface area (Å²) in [6, 6.07) is 7.95. The Hall–Kier alpha value is -3.00. The molecule has 1 N–H and O–H groups in total. The lowest BCUT2D eigenvalue weighted by atomic mass is 10.0. The van der Waals surface area contributed by atoms with Crippen LogP contribution >= 0.6 is 0 Å².